The average Bonchev–Trinajstić information content (AvgIpc) is 3.16. The molecule has 12 heteroatoms. The number of piperidine rings is 1. The van der Waals surface area contributed by atoms with E-state index >= 15 is 0 Å². The van der Waals surface area contributed by atoms with Crippen molar-refractivity contribution >= 4 is 11.9 Å². The third kappa shape index (κ3) is 4.69. The minimum Gasteiger partial charge on any atom is -0.381 e. The quantitative estimate of drug-likeness (QED) is 0.712. The first-order valence-electron chi connectivity index (χ1n) is 10.5. The molecule has 2 aromatic rings. The van der Waals surface area contributed by atoms with Gasteiger partial charge in [-0.25, -0.2) is 19.3 Å². The van der Waals surface area contributed by atoms with Gasteiger partial charge in [0.05, 0.1) is 18.1 Å². The third-order valence-corrected chi connectivity index (χ3v) is 5.88. The summed E-state index contributed by atoms with van der Waals surface area (Å²) in [7, 11) is 0. The van der Waals surface area contributed by atoms with E-state index in [1.54, 1.807) is 6.20 Å². The number of nitrogens with zero attached hydrogens (tertiary/aromatic N) is 5. The van der Waals surface area contributed by atoms with Crippen LogP contribution in [-0.4, -0.2) is 68.8 Å². The molecule has 8 nitrogen and oxygen atoms in total. The maximum Gasteiger partial charge on any atom is 0.471 e. The predicted octanol–water partition coefficient (Wildman–Crippen LogP) is 3.10. The molecule has 1 N–H and O–H groups in total. The van der Waals surface area contributed by atoms with E-state index in [0.717, 1.165) is 29.8 Å². The summed E-state index contributed by atoms with van der Waals surface area (Å²) in [6.45, 7) is 3.04. The van der Waals surface area contributed by atoms with Crippen LogP contribution in [0.4, 0.5) is 23.5 Å². The van der Waals surface area contributed by atoms with Gasteiger partial charge in [-0.2, -0.15) is 13.2 Å². The van der Waals surface area contributed by atoms with Gasteiger partial charge in [-0.05, 0) is 32.6 Å². The Morgan fingerprint density at radius 1 is 1.12 bits per heavy atom. The molecule has 4 rings (SSSR count). The third-order valence-electron chi connectivity index (χ3n) is 5.88. The number of carbonyl (C=O) groups is 1. The molecule has 0 bridgehead atoms. The molecule has 32 heavy (non-hydrogen) atoms. The molecule has 0 unspecified atom stereocenters. The van der Waals surface area contributed by atoms with Gasteiger partial charge in [-0.1, -0.05) is 0 Å². The zero-order valence-electron chi connectivity index (χ0n) is 17.5. The topological polar surface area (TPSA) is 85.2 Å². The normalized spacial score (nSPS) is 18.7. The second-order valence-corrected chi connectivity index (χ2v) is 8.00. The highest BCUT2D eigenvalue weighted by Gasteiger charge is 2.43. The van der Waals surface area contributed by atoms with Crippen LogP contribution in [0, 0.1) is 12.7 Å². The molecule has 0 atom stereocenters. The van der Waals surface area contributed by atoms with Gasteiger partial charge in [0, 0.05) is 38.4 Å². The highest BCUT2D eigenvalue weighted by Crippen LogP contribution is 2.31. The fourth-order valence-corrected chi connectivity index (χ4v) is 4.24. The number of likely N-dealkylation sites (tertiary alicyclic amines) is 1. The standard InChI is InChI=1S/C20H24F4N6O2/c1-12-25-11-16(30(12)14-4-8-32-9-5-14)17-15(21)10-26-19(28-17)27-13-2-6-29(7-3-13)18(31)20(22,23)24/h10-11,13-14H,2-9H2,1H3,(H,26,27,28). The fraction of sp³-hybridized carbons (Fsp3) is 0.600. The Morgan fingerprint density at radius 3 is 2.47 bits per heavy atom. The van der Waals surface area contributed by atoms with Gasteiger partial charge in [0.25, 0.3) is 0 Å². The minimum absolute atomic E-state index is 0.0280. The lowest BCUT2D eigenvalue weighted by Crippen LogP contribution is -2.47. The molecule has 174 valence electrons. The molecule has 1 amide bonds. The number of amides is 1. The fourth-order valence-electron chi connectivity index (χ4n) is 4.24. The predicted molar refractivity (Wildman–Crippen MR) is 106 cm³/mol. The van der Waals surface area contributed by atoms with Crippen LogP contribution < -0.4 is 5.32 Å². The smallest absolute Gasteiger partial charge is 0.381 e. The molecular weight excluding hydrogens is 432 g/mol. The number of nitrogens with one attached hydrogen (secondary N) is 1. The molecule has 2 aromatic heterocycles. The van der Waals surface area contributed by atoms with Gasteiger partial charge >= 0.3 is 12.1 Å². The van der Waals surface area contributed by atoms with Gasteiger partial charge < -0.3 is 19.5 Å². The first-order chi connectivity index (χ1) is 15.2. The van der Waals surface area contributed by atoms with E-state index in [2.05, 4.69) is 20.3 Å². The Kier molecular flexibility index (Phi) is 6.31. The van der Waals surface area contributed by atoms with Gasteiger partial charge in [-0.15, -0.1) is 0 Å². The number of anilines is 1. The number of halogens is 4. The number of ether oxygens (including phenoxy) is 1. The van der Waals surface area contributed by atoms with Gasteiger partial charge in [0.15, 0.2) is 5.82 Å². The van der Waals surface area contributed by atoms with Crippen LogP contribution in [0.5, 0.6) is 0 Å². The molecule has 0 spiro atoms. The summed E-state index contributed by atoms with van der Waals surface area (Å²) in [4.78, 5) is 24.9. The summed E-state index contributed by atoms with van der Waals surface area (Å²) in [5, 5.41) is 3.06. The van der Waals surface area contributed by atoms with Crippen LogP contribution in [0.25, 0.3) is 11.4 Å². The lowest BCUT2D eigenvalue weighted by molar-refractivity contribution is -0.186. The first kappa shape index (κ1) is 22.4. The van der Waals surface area contributed by atoms with Crippen molar-refractivity contribution in [2.45, 2.75) is 50.9 Å². The highest BCUT2D eigenvalue weighted by atomic mass is 19.4. The van der Waals surface area contributed by atoms with Crippen molar-refractivity contribution in [2.24, 2.45) is 0 Å². The molecule has 2 aliphatic rings. The molecule has 2 fully saturated rings. The minimum atomic E-state index is -4.87. The van der Waals surface area contributed by atoms with Crippen LogP contribution in [0.3, 0.4) is 0 Å². The number of hydrogen-bond donors (Lipinski definition) is 1. The van der Waals surface area contributed by atoms with E-state index < -0.39 is 17.9 Å². The van der Waals surface area contributed by atoms with E-state index in [9.17, 15) is 22.4 Å². The largest absolute Gasteiger partial charge is 0.471 e. The first-order valence-corrected chi connectivity index (χ1v) is 10.5. The molecular formula is C20H24F4N6O2. The van der Waals surface area contributed by atoms with E-state index in [-0.39, 0.29) is 36.8 Å². The molecule has 2 aliphatic heterocycles. The summed E-state index contributed by atoms with van der Waals surface area (Å²) in [6.07, 6.45) is -0.0336. The zero-order valence-corrected chi connectivity index (χ0v) is 17.5. The molecule has 4 heterocycles. The summed E-state index contributed by atoms with van der Waals surface area (Å²) in [6, 6.07) is -0.102. The van der Waals surface area contributed by atoms with E-state index in [4.69, 9.17) is 4.74 Å². The number of hydrogen-bond acceptors (Lipinski definition) is 6. The Balaban J connectivity index is 1.49. The second kappa shape index (κ2) is 9.00. The number of imidazole rings is 1. The van der Waals surface area contributed by atoms with Crippen LogP contribution in [0.2, 0.25) is 0 Å². The van der Waals surface area contributed by atoms with E-state index in [1.807, 2.05) is 11.5 Å². The van der Waals surface area contributed by atoms with Crippen LogP contribution in [-0.2, 0) is 9.53 Å². The number of carbonyl (C=O) groups excluding carboxylic acids is 1. The average molecular weight is 456 g/mol. The summed E-state index contributed by atoms with van der Waals surface area (Å²) >= 11 is 0. The number of aromatic nitrogens is 4. The Labute approximate surface area is 182 Å². The Hall–Kier alpha value is -2.76. The SMILES string of the molecule is Cc1ncc(-c2nc(NC3CCN(C(=O)C(F)(F)F)CC3)ncc2F)n1C1CCOCC1. The number of aryl methyl sites for hydroxylation is 1. The lowest BCUT2D eigenvalue weighted by atomic mass is 10.1. The van der Waals surface area contributed by atoms with Gasteiger partial charge in [-0.3, -0.25) is 4.79 Å². The molecule has 0 aromatic carbocycles. The van der Waals surface area contributed by atoms with Crippen molar-refractivity contribution in [1.82, 2.24) is 24.4 Å². The molecule has 0 aliphatic carbocycles. The zero-order chi connectivity index (χ0) is 22.9. The molecule has 0 saturated carbocycles. The van der Waals surface area contributed by atoms with Crippen molar-refractivity contribution in [2.75, 3.05) is 31.6 Å². The molecule has 0 radical (unpaired) electrons. The van der Waals surface area contributed by atoms with Gasteiger partial charge in [0.1, 0.15) is 11.5 Å². The lowest BCUT2D eigenvalue weighted by Gasteiger charge is -2.32. The second-order valence-electron chi connectivity index (χ2n) is 8.00. The van der Waals surface area contributed by atoms with Gasteiger partial charge in [0.2, 0.25) is 5.95 Å². The van der Waals surface area contributed by atoms with Crippen LogP contribution in [0.1, 0.15) is 37.5 Å². The number of alkyl halides is 3. The Bertz CT molecular complexity index is 965. The Morgan fingerprint density at radius 2 is 1.81 bits per heavy atom. The van der Waals surface area contributed by atoms with Crippen LogP contribution >= 0.6 is 0 Å². The molecule has 2 saturated heterocycles. The van der Waals surface area contributed by atoms with E-state index in [0.29, 0.717) is 31.7 Å². The summed E-state index contributed by atoms with van der Waals surface area (Å²) in [5.74, 6) is -1.48. The van der Waals surface area contributed by atoms with Crippen LogP contribution in [0.15, 0.2) is 12.4 Å². The highest BCUT2D eigenvalue weighted by molar-refractivity contribution is 5.81. The van der Waals surface area contributed by atoms with Crippen molar-refractivity contribution in [1.29, 1.82) is 0 Å². The van der Waals surface area contributed by atoms with Crippen molar-refractivity contribution in [3.8, 4) is 11.4 Å². The maximum atomic E-state index is 14.7. The van der Waals surface area contributed by atoms with E-state index in [1.165, 1.54) is 0 Å². The van der Waals surface area contributed by atoms with Crippen molar-refractivity contribution in [3.05, 3.63) is 24.0 Å². The van der Waals surface area contributed by atoms with Crippen molar-refractivity contribution < 1.29 is 27.1 Å². The summed E-state index contributed by atoms with van der Waals surface area (Å²) in [5.41, 5.74) is 0.655. The van der Waals surface area contributed by atoms with Crippen molar-refractivity contribution in [3.63, 3.8) is 0 Å². The summed E-state index contributed by atoms with van der Waals surface area (Å²) < 4.78 is 59.9. The number of rotatable bonds is 4. The monoisotopic (exact) mass is 456 g/mol. The maximum absolute atomic E-state index is 14.7.